The summed E-state index contributed by atoms with van der Waals surface area (Å²) in [6, 6.07) is 2.43. The van der Waals surface area contributed by atoms with E-state index in [4.69, 9.17) is 22.4 Å². The lowest BCUT2D eigenvalue weighted by molar-refractivity contribution is -0.117. The van der Waals surface area contributed by atoms with E-state index in [1.165, 1.54) is 11.0 Å². The van der Waals surface area contributed by atoms with Gasteiger partial charge in [-0.1, -0.05) is 11.6 Å². The Balaban J connectivity index is 2.35. The fraction of sp³-hybridized carbons (Fsp3) is 0.364. The van der Waals surface area contributed by atoms with E-state index >= 15 is 0 Å². The van der Waals surface area contributed by atoms with Crippen molar-refractivity contribution >= 4 is 28.9 Å². The maximum absolute atomic E-state index is 13.3. The van der Waals surface area contributed by atoms with Crippen LogP contribution < -0.4 is 10.6 Å². The molecule has 2 rings (SSSR count). The number of hydrogen-bond donors (Lipinski definition) is 2. The molecule has 0 aliphatic carbocycles. The fourth-order valence-electron chi connectivity index (χ4n) is 1.92. The summed E-state index contributed by atoms with van der Waals surface area (Å²) in [5.74, 6) is -0.908. The van der Waals surface area contributed by atoms with Crippen molar-refractivity contribution in [1.82, 2.24) is 0 Å². The monoisotopic (exact) mass is 258 g/mol. The van der Waals surface area contributed by atoms with Crippen LogP contribution in [0.4, 0.5) is 15.8 Å². The third kappa shape index (κ3) is 2.21. The van der Waals surface area contributed by atoms with E-state index in [1.807, 2.05) is 0 Å². The first-order chi connectivity index (χ1) is 8.02. The number of halogens is 2. The smallest absolute Gasteiger partial charge is 0.227 e. The zero-order valence-electron chi connectivity index (χ0n) is 8.99. The molecular formula is C11H12ClFN2O2. The zero-order valence-corrected chi connectivity index (χ0v) is 9.75. The minimum Gasteiger partial charge on any atom is -0.397 e. The van der Waals surface area contributed by atoms with Crippen molar-refractivity contribution in [3.05, 3.63) is 23.0 Å². The molecule has 1 aromatic carbocycles. The molecule has 1 aromatic rings. The first-order valence-electron chi connectivity index (χ1n) is 5.18. The third-order valence-corrected chi connectivity index (χ3v) is 3.11. The van der Waals surface area contributed by atoms with Crippen LogP contribution in [-0.4, -0.2) is 24.2 Å². The number of aliphatic hydroxyl groups excluding tert-OH is 1. The number of amides is 1. The van der Waals surface area contributed by atoms with Crippen LogP contribution in [0.15, 0.2) is 12.1 Å². The maximum atomic E-state index is 13.3. The molecule has 0 spiro atoms. The van der Waals surface area contributed by atoms with Gasteiger partial charge in [0.05, 0.1) is 16.4 Å². The van der Waals surface area contributed by atoms with Gasteiger partial charge in [-0.2, -0.15) is 0 Å². The predicted octanol–water partition coefficient (Wildman–Crippen LogP) is 1.41. The molecule has 17 heavy (non-hydrogen) atoms. The SMILES string of the molecule is Nc1cc(Cl)c(F)cc1N1CC(CO)CC1=O. The van der Waals surface area contributed by atoms with Gasteiger partial charge < -0.3 is 15.7 Å². The number of hydrogen-bond acceptors (Lipinski definition) is 3. The van der Waals surface area contributed by atoms with Crippen LogP contribution in [0.1, 0.15) is 6.42 Å². The molecule has 6 heteroatoms. The lowest BCUT2D eigenvalue weighted by Gasteiger charge is -2.19. The highest BCUT2D eigenvalue weighted by molar-refractivity contribution is 6.31. The van der Waals surface area contributed by atoms with Crippen molar-refractivity contribution in [2.75, 3.05) is 23.8 Å². The Bertz CT molecular complexity index is 467. The largest absolute Gasteiger partial charge is 0.397 e. The first-order valence-corrected chi connectivity index (χ1v) is 5.56. The van der Waals surface area contributed by atoms with Gasteiger partial charge in [0.15, 0.2) is 0 Å². The lowest BCUT2D eigenvalue weighted by Crippen LogP contribution is -2.26. The van der Waals surface area contributed by atoms with E-state index in [0.29, 0.717) is 12.2 Å². The molecule has 1 heterocycles. The molecule has 1 fully saturated rings. The van der Waals surface area contributed by atoms with Crippen molar-refractivity contribution in [2.24, 2.45) is 5.92 Å². The normalized spacial score (nSPS) is 20.1. The van der Waals surface area contributed by atoms with Crippen molar-refractivity contribution in [3.8, 4) is 0 Å². The van der Waals surface area contributed by atoms with Crippen molar-refractivity contribution < 1.29 is 14.3 Å². The van der Waals surface area contributed by atoms with Crippen LogP contribution in [0.3, 0.4) is 0 Å². The average molecular weight is 259 g/mol. The molecule has 1 aliphatic rings. The molecule has 0 aromatic heterocycles. The van der Waals surface area contributed by atoms with Crippen LogP contribution in [-0.2, 0) is 4.79 Å². The Kier molecular flexibility index (Phi) is 3.22. The van der Waals surface area contributed by atoms with Gasteiger partial charge >= 0.3 is 0 Å². The van der Waals surface area contributed by atoms with Crippen LogP contribution in [0.5, 0.6) is 0 Å². The van der Waals surface area contributed by atoms with Crippen molar-refractivity contribution in [1.29, 1.82) is 0 Å². The van der Waals surface area contributed by atoms with E-state index in [0.717, 1.165) is 6.07 Å². The summed E-state index contributed by atoms with van der Waals surface area (Å²) < 4.78 is 13.3. The minimum atomic E-state index is -0.615. The molecule has 1 atom stereocenters. The minimum absolute atomic E-state index is 0.0712. The van der Waals surface area contributed by atoms with Gasteiger partial charge in [-0.3, -0.25) is 4.79 Å². The third-order valence-electron chi connectivity index (χ3n) is 2.82. The molecule has 0 bridgehead atoms. The summed E-state index contributed by atoms with van der Waals surface area (Å²) in [6.07, 6.45) is 0.250. The van der Waals surface area contributed by atoms with E-state index < -0.39 is 5.82 Å². The quantitative estimate of drug-likeness (QED) is 0.788. The van der Waals surface area contributed by atoms with Gasteiger partial charge in [-0.15, -0.1) is 0 Å². The van der Waals surface area contributed by atoms with Gasteiger partial charge in [0.25, 0.3) is 0 Å². The highest BCUT2D eigenvalue weighted by atomic mass is 35.5. The fourth-order valence-corrected chi connectivity index (χ4v) is 2.09. The van der Waals surface area contributed by atoms with Gasteiger partial charge in [0.2, 0.25) is 5.91 Å². The number of carbonyl (C=O) groups excluding carboxylic acids is 1. The summed E-state index contributed by atoms with van der Waals surface area (Å²) in [5.41, 5.74) is 6.28. The molecule has 92 valence electrons. The number of benzene rings is 1. The summed E-state index contributed by atoms with van der Waals surface area (Å²) >= 11 is 5.59. The van der Waals surface area contributed by atoms with E-state index in [2.05, 4.69) is 0 Å². The van der Waals surface area contributed by atoms with Gasteiger partial charge in [-0.25, -0.2) is 4.39 Å². The molecule has 1 saturated heterocycles. The number of nitrogens with zero attached hydrogens (tertiary/aromatic N) is 1. The Morgan fingerprint density at radius 3 is 2.88 bits per heavy atom. The number of carbonyl (C=O) groups is 1. The first kappa shape index (κ1) is 12.1. The van der Waals surface area contributed by atoms with Crippen molar-refractivity contribution in [3.63, 3.8) is 0 Å². The Labute approximate surface area is 103 Å². The second kappa shape index (κ2) is 4.50. The van der Waals surface area contributed by atoms with Gasteiger partial charge in [0, 0.05) is 31.6 Å². The Hall–Kier alpha value is -1.33. The molecule has 0 radical (unpaired) electrons. The molecular weight excluding hydrogens is 247 g/mol. The highest BCUT2D eigenvalue weighted by Crippen LogP contribution is 2.33. The van der Waals surface area contributed by atoms with E-state index in [9.17, 15) is 9.18 Å². The molecule has 0 saturated carbocycles. The molecule has 1 amide bonds. The molecule has 4 nitrogen and oxygen atoms in total. The van der Waals surface area contributed by atoms with Crippen LogP contribution in [0.2, 0.25) is 5.02 Å². The maximum Gasteiger partial charge on any atom is 0.227 e. The Morgan fingerprint density at radius 1 is 1.59 bits per heavy atom. The number of rotatable bonds is 2. The zero-order chi connectivity index (χ0) is 12.6. The highest BCUT2D eigenvalue weighted by Gasteiger charge is 2.31. The van der Waals surface area contributed by atoms with Crippen LogP contribution >= 0.6 is 11.6 Å². The summed E-state index contributed by atoms with van der Waals surface area (Å²) in [6.45, 7) is 0.277. The van der Waals surface area contributed by atoms with Gasteiger partial charge in [0.1, 0.15) is 5.82 Å². The summed E-state index contributed by atoms with van der Waals surface area (Å²) in [7, 11) is 0. The number of anilines is 2. The second-order valence-electron chi connectivity index (χ2n) is 4.08. The average Bonchev–Trinajstić information content (AvgIpc) is 2.65. The predicted molar refractivity (Wildman–Crippen MR) is 63.4 cm³/mol. The molecule has 1 aliphatic heterocycles. The number of nitrogen functional groups attached to an aromatic ring is 1. The molecule has 3 N–H and O–H groups in total. The lowest BCUT2D eigenvalue weighted by atomic mass is 10.1. The van der Waals surface area contributed by atoms with E-state index in [1.54, 1.807) is 0 Å². The Morgan fingerprint density at radius 2 is 2.29 bits per heavy atom. The summed E-state index contributed by atoms with van der Waals surface area (Å²) in [4.78, 5) is 13.1. The van der Waals surface area contributed by atoms with Crippen molar-refractivity contribution in [2.45, 2.75) is 6.42 Å². The van der Waals surface area contributed by atoms with Crippen LogP contribution in [0, 0.1) is 11.7 Å². The second-order valence-corrected chi connectivity index (χ2v) is 4.49. The molecule has 1 unspecified atom stereocenters. The summed E-state index contributed by atoms with van der Waals surface area (Å²) in [5, 5.41) is 8.94. The van der Waals surface area contributed by atoms with Gasteiger partial charge in [-0.05, 0) is 6.07 Å². The standard InChI is InChI=1S/C11H12ClFN2O2/c12-7-2-9(14)10(3-8(7)13)15-4-6(5-16)1-11(15)17/h2-3,6,16H,1,4-5,14H2. The van der Waals surface area contributed by atoms with E-state index in [-0.39, 0.29) is 35.6 Å². The topological polar surface area (TPSA) is 66.6 Å². The van der Waals surface area contributed by atoms with Crippen LogP contribution in [0.25, 0.3) is 0 Å². The number of aliphatic hydroxyl groups is 1. The number of nitrogens with two attached hydrogens (primary N) is 1.